The van der Waals surface area contributed by atoms with E-state index in [1.54, 1.807) is 0 Å². The second kappa shape index (κ2) is 10.6. The summed E-state index contributed by atoms with van der Waals surface area (Å²) in [4.78, 5) is 2.54. The summed E-state index contributed by atoms with van der Waals surface area (Å²) in [6.45, 7) is 5.47. The van der Waals surface area contributed by atoms with Gasteiger partial charge in [-0.15, -0.1) is 0 Å². The van der Waals surface area contributed by atoms with Gasteiger partial charge in [-0.1, -0.05) is 6.42 Å². The quantitative estimate of drug-likeness (QED) is 0.686. The van der Waals surface area contributed by atoms with Crippen LogP contribution in [0.5, 0.6) is 0 Å². The standard InChI is InChI=1S/C23H39NO6/c1-4-10-24(21-16-25-13-14-28-21)18(7-1)17-15-29-23(20-9-3-6-12-27-20)30-22(17)19-8-2-5-11-26-19/h17-23H,1-16H2. The van der Waals surface area contributed by atoms with Crippen LogP contribution < -0.4 is 0 Å². The Balaban J connectivity index is 1.33. The minimum absolute atomic E-state index is 0.0522. The number of piperidine rings is 1. The number of rotatable bonds is 4. The number of likely N-dealkylation sites (tertiary alicyclic amines) is 1. The smallest absolute Gasteiger partial charge is 0.184 e. The Hall–Kier alpha value is -0.280. The SMILES string of the molecule is C1CCC(C2OCC(C3CCCCN3C3COCCO3)C(C3CCCCO3)O2)OC1. The molecule has 0 bridgehead atoms. The first kappa shape index (κ1) is 21.6. The molecule has 7 atom stereocenters. The first-order valence-corrected chi connectivity index (χ1v) is 12.4. The zero-order chi connectivity index (χ0) is 20.2. The molecule has 0 spiro atoms. The van der Waals surface area contributed by atoms with Crippen molar-refractivity contribution in [2.24, 2.45) is 5.92 Å². The second-order valence-electron chi connectivity index (χ2n) is 9.48. The number of hydrogen-bond acceptors (Lipinski definition) is 7. The van der Waals surface area contributed by atoms with E-state index in [0.717, 1.165) is 51.9 Å². The maximum Gasteiger partial charge on any atom is 0.184 e. The molecule has 7 nitrogen and oxygen atoms in total. The van der Waals surface area contributed by atoms with Gasteiger partial charge in [0, 0.05) is 31.7 Å². The van der Waals surface area contributed by atoms with Gasteiger partial charge in [0.1, 0.15) is 12.3 Å². The summed E-state index contributed by atoms with van der Waals surface area (Å²) < 4.78 is 37.1. The molecule has 0 radical (unpaired) electrons. The summed E-state index contributed by atoms with van der Waals surface area (Å²) >= 11 is 0. The van der Waals surface area contributed by atoms with Gasteiger partial charge in [-0.05, 0) is 51.4 Å². The Morgan fingerprint density at radius 1 is 0.633 bits per heavy atom. The molecule has 5 aliphatic rings. The summed E-state index contributed by atoms with van der Waals surface area (Å²) in [5, 5.41) is 0. The molecule has 0 saturated carbocycles. The van der Waals surface area contributed by atoms with Crippen LogP contribution in [-0.2, 0) is 28.4 Å². The van der Waals surface area contributed by atoms with Crippen molar-refractivity contribution in [2.45, 2.75) is 94.7 Å². The van der Waals surface area contributed by atoms with E-state index in [2.05, 4.69) is 4.90 Å². The van der Waals surface area contributed by atoms with Crippen LogP contribution in [0, 0.1) is 5.92 Å². The third-order valence-electron chi connectivity index (χ3n) is 7.52. The predicted molar refractivity (Wildman–Crippen MR) is 110 cm³/mol. The normalized spacial score (nSPS) is 44.6. The highest BCUT2D eigenvalue weighted by Gasteiger charge is 2.47. The maximum absolute atomic E-state index is 6.70. The molecule has 30 heavy (non-hydrogen) atoms. The summed E-state index contributed by atoms with van der Waals surface area (Å²) in [5.74, 6) is 0.291. The number of ether oxygens (including phenoxy) is 6. The highest BCUT2D eigenvalue weighted by Crippen LogP contribution is 2.37. The molecule has 0 amide bonds. The monoisotopic (exact) mass is 425 g/mol. The molecular formula is C23H39NO6. The van der Waals surface area contributed by atoms with Crippen molar-refractivity contribution in [3.63, 3.8) is 0 Å². The van der Waals surface area contributed by atoms with E-state index in [0.29, 0.717) is 38.4 Å². The van der Waals surface area contributed by atoms with Crippen molar-refractivity contribution in [3.05, 3.63) is 0 Å². The zero-order valence-electron chi connectivity index (χ0n) is 18.3. The molecule has 5 aliphatic heterocycles. The Morgan fingerprint density at radius 2 is 1.43 bits per heavy atom. The van der Waals surface area contributed by atoms with Gasteiger partial charge in [0.05, 0.1) is 38.6 Å². The highest BCUT2D eigenvalue weighted by atomic mass is 16.7. The molecule has 5 saturated heterocycles. The van der Waals surface area contributed by atoms with E-state index < -0.39 is 0 Å². The van der Waals surface area contributed by atoms with Crippen molar-refractivity contribution >= 4 is 0 Å². The van der Waals surface area contributed by atoms with Crippen molar-refractivity contribution in [2.75, 3.05) is 46.2 Å². The van der Waals surface area contributed by atoms with E-state index in [-0.39, 0.29) is 30.8 Å². The van der Waals surface area contributed by atoms with E-state index in [4.69, 9.17) is 28.4 Å². The lowest BCUT2D eigenvalue weighted by atomic mass is 9.82. The van der Waals surface area contributed by atoms with Crippen LogP contribution >= 0.6 is 0 Å². The Labute approximate surface area is 180 Å². The Kier molecular flexibility index (Phi) is 7.59. The summed E-state index contributed by atoms with van der Waals surface area (Å²) in [7, 11) is 0. The fraction of sp³-hybridized carbons (Fsp3) is 1.00. The molecule has 0 N–H and O–H groups in total. The van der Waals surface area contributed by atoms with Crippen LogP contribution in [0.4, 0.5) is 0 Å². The molecule has 5 heterocycles. The van der Waals surface area contributed by atoms with Crippen LogP contribution in [0.1, 0.15) is 57.8 Å². The molecule has 0 aromatic carbocycles. The van der Waals surface area contributed by atoms with Gasteiger partial charge in [0.15, 0.2) is 6.29 Å². The molecule has 0 aliphatic carbocycles. The van der Waals surface area contributed by atoms with E-state index in [1.807, 2.05) is 0 Å². The van der Waals surface area contributed by atoms with Gasteiger partial charge in [-0.25, -0.2) is 0 Å². The lowest BCUT2D eigenvalue weighted by Gasteiger charge is -2.51. The van der Waals surface area contributed by atoms with Crippen LogP contribution in [0.2, 0.25) is 0 Å². The van der Waals surface area contributed by atoms with Gasteiger partial charge < -0.3 is 28.4 Å². The minimum Gasteiger partial charge on any atom is -0.376 e. The fourth-order valence-electron chi connectivity index (χ4n) is 5.95. The zero-order valence-corrected chi connectivity index (χ0v) is 18.3. The van der Waals surface area contributed by atoms with Crippen LogP contribution in [-0.4, -0.2) is 88.0 Å². The van der Waals surface area contributed by atoms with Crippen LogP contribution in [0.25, 0.3) is 0 Å². The van der Waals surface area contributed by atoms with Gasteiger partial charge >= 0.3 is 0 Å². The highest BCUT2D eigenvalue weighted by molar-refractivity contribution is 4.95. The van der Waals surface area contributed by atoms with Crippen molar-refractivity contribution < 1.29 is 28.4 Å². The molecule has 5 rings (SSSR count). The lowest BCUT2D eigenvalue weighted by Crippen LogP contribution is -2.61. The first-order chi connectivity index (χ1) is 14.9. The van der Waals surface area contributed by atoms with Gasteiger partial charge in [0.25, 0.3) is 0 Å². The average Bonchev–Trinajstić information content (AvgIpc) is 2.85. The topological polar surface area (TPSA) is 58.6 Å². The summed E-state index contributed by atoms with van der Waals surface area (Å²) in [5.41, 5.74) is 0. The molecule has 5 fully saturated rings. The van der Waals surface area contributed by atoms with Crippen molar-refractivity contribution in [3.8, 4) is 0 Å². The van der Waals surface area contributed by atoms with Gasteiger partial charge in [0.2, 0.25) is 0 Å². The molecule has 7 unspecified atom stereocenters. The maximum atomic E-state index is 6.70. The Morgan fingerprint density at radius 3 is 2.17 bits per heavy atom. The van der Waals surface area contributed by atoms with Crippen molar-refractivity contribution in [1.82, 2.24) is 4.90 Å². The molecule has 0 aromatic rings. The average molecular weight is 426 g/mol. The number of nitrogens with zero attached hydrogens (tertiary/aromatic N) is 1. The minimum atomic E-state index is -0.261. The van der Waals surface area contributed by atoms with E-state index >= 15 is 0 Å². The summed E-state index contributed by atoms with van der Waals surface area (Å²) in [6.07, 6.45) is 10.5. The lowest BCUT2D eigenvalue weighted by molar-refractivity contribution is -0.310. The molecule has 7 heteroatoms. The fourth-order valence-corrected chi connectivity index (χ4v) is 5.95. The van der Waals surface area contributed by atoms with Gasteiger partial charge in [-0.3, -0.25) is 4.90 Å². The second-order valence-corrected chi connectivity index (χ2v) is 9.48. The third-order valence-corrected chi connectivity index (χ3v) is 7.52. The first-order valence-electron chi connectivity index (χ1n) is 12.4. The third kappa shape index (κ3) is 4.87. The predicted octanol–water partition coefficient (Wildman–Crippen LogP) is 2.71. The summed E-state index contributed by atoms with van der Waals surface area (Å²) in [6, 6.07) is 0.384. The molecule has 172 valence electrons. The number of hydrogen-bond donors (Lipinski definition) is 0. The van der Waals surface area contributed by atoms with Gasteiger partial charge in [-0.2, -0.15) is 0 Å². The van der Waals surface area contributed by atoms with E-state index in [9.17, 15) is 0 Å². The van der Waals surface area contributed by atoms with E-state index in [1.165, 1.54) is 25.7 Å². The molecular weight excluding hydrogens is 386 g/mol. The van der Waals surface area contributed by atoms with Crippen molar-refractivity contribution in [1.29, 1.82) is 0 Å². The van der Waals surface area contributed by atoms with Crippen LogP contribution in [0.15, 0.2) is 0 Å². The Bertz CT molecular complexity index is 518. The molecule has 0 aromatic heterocycles. The largest absolute Gasteiger partial charge is 0.376 e. The van der Waals surface area contributed by atoms with Crippen LogP contribution in [0.3, 0.4) is 0 Å².